The Labute approximate surface area is 53.4 Å². The molecule has 1 atom stereocenters. The Morgan fingerprint density at radius 2 is 2.25 bits per heavy atom. The van der Waals surface area contributed by atoms with Crippen molar-refractivity contribution in [2.24, 2.45) is 0 Å². The summed E-state index contributed by atoms with van der Waals surface area (Å²) in [4.78, 5) is 0. The van der Waals surface area contributed by atoms with Gasteiger partial charge in [-0.25, -0.2) is 0 Å². The maximum atomic E-state index is 2.25. The highest BCUT2D eigenvalue weighted by atomic mass is 13.9. The van der Waals surface area contributed by atoms with Gasteiger partial charge >= 0.3 is 0 Å². The lowest BCUT2D eigenvalue weighted by molar-refractivity contribution is 0.810. The summed E-state index contributed by atoms with van der Waals surface area (Å²) < 4.78 is 0. The fraction of sp³-hybridized carbons (Fsp3) is 0.714. The van der Waals surface area contributed by atoms with Crippen molar-refractivity contribution in [1.82, 2.24) is 0 Å². The van der Waals surface area contributed by atoms with E-state index in [2.05, 4.69) is 33.8 Å². The molecule has 0 aliphatic heterocycles. The molecule has 0 saturated carbocycles. The highest BCUT2D eigenvalue weighted by Crippen LogP contribution is 2.05. The predicted octanol–water partition coefficient (Wildman–Crippen LogP) is 1.78. The molecule has 0 aliphatic rings. The largest absolute Gasteiger partial charge is 0.105 e. The van der Waals surface area contributed by atoms with Crippen molar-refractivity contribution in [3.8, 4) is 0 Å². The summed E-state index contributed by atoms with van der Waals surface area (Å²) in [5, 5.41) is 0. The minimum Gasteiger partial charge on any atom is -0.0917 e. The molecule has 0 aromatic heterocycles. The van der Waals surface area contributed by atoms with E-state index in [4.69, 9.17) is 0 Å². The average molecular weight is 110 g/mol. The maximum absolute atomic E-state index is 2.25. The molecule has 8 heavy (non-hydrogen) atoms. The molecule has 0 heterocycles. The standard InChI is InChI=1S/C7H15B/c1-3-4-5-6-7(2)8/h3-4,7H,5-6,8H2,1-2H3/b4-3-. The van der Waals surface area contributed by atoms with Crippen LogP contribution in [-0.4, -0.2) is 7.85 Å². The Morgan fingerprint density at radius 1 is 1.62 bits per heavy atom. The van der Waals surface area contributed by atoms with Crippen LogP contribution in [0.25, 0.3) is 0 Å². The molecule has 0 aromatic rings. The lowest BCUT2D eigenvalue weighted by Gasteiger charge is -1.97. The Bertz CT molecular complexity index is 64.8. The lowest BCUT2D eigenvalue weighted by Crippen LogP contribution is -1.81. The molecular formula is C7H15B. The maximum Gasteiger partial charge on any atom is 0.105 e. The smallest absolute Gasteiger partial charge is 0.0917 e. The van der Waals surface area contributed by atoms with Gasteiger partial charge in [0.15, 0.2) is 0 Å². The van der Waals surface area contributed by atoms with Crippen molar-refractivity contribution in [2.45, 2.75) is 32.5 Å². The summed E-state index contributed by atoms with van der Waals surface area (Å²) >= 11 is 0. The van der Waals surface area contributed by atoms with Gasteiger partial charge < -0.3 is 0 Å². The van der Waals surface area contributed by atoms with Crippen LogP contribution in [-0.2, 0) is 0 Å². The monoisotopic (exact) mass is 110 g/mol. The van der Waals surface area contributed by atoms with E-state index in [-0.39, 0.29) is 0 Å². The lowest BCUT2D eigenvalue weighted by atomic mass is 9.86. The minimum absolute atomic E-state index is 0.853. The molecule has 0 nitrogen and oxygen atoms in total. The van der Waals surface area contributed by atoms with Crippen LogP contribution in [0, 0.1) is 0 Å². The molecule has 46 valence electrons. The zero-order chi connectivity index (χ0) is 6.41. The summed E-state index contributed by atoms with van der Waals surface area (Å²) in [5.74, 6) is 0.853. The van der Waals surface area contributed by atoms with Gasteiger partial charge in [0.05, 0.1) is 0 Å². The van der Waals surface area contributed by atoms with Gasteiger partial charge in [0.1, 0.15) is 7.85 Å². The third-order valence-corrected chi connectivity index (χ3v) is 1.15. The van der Waals surface area contributed by atoms with E-state index < -0.39 is 0 Å². The highest BCUT2D eigenvalue weighted by molar-refractivity contribution is 6.11. The van der Waals surface area contributed by atoms with Crippen molar-refractivity contribution in [3.63, 3.8) is 0 Å². The van der Waals surface area contributed by atoms with E-state index in [9.17, 15) is 0 Å². The van der Waals surface area contributed by atoms with Gasteiger partial charge in [0.25, 0.3) is 0 Å². The van der Waals surface area contributed by atoms with E-state index in [1.165, 1.54) is 12.8 Å². The zero-order valence-electron chi connectivity index (χ0n) is 6.15. The van der Waals surface area contributed by atoms with Gasteiger partial charge in [-0.1, -0.05) is 31.3 Å². The summed E-state index contributed by atoms with van der Waals surface area (Å²) in [6.07, 6.45) is 6.90. The van der Waals surface area contributed by atoms with Crippen LogP contribution in [0.2, 0.25) is 5.82 Å². The van der Waals surface area contributed by atoms with Gasteiger partial charge in [-0.3, -0.25) is 0 Å². The third kappa shape index (κ3) is 5.80. The van der Waals surface area contributed by atoms with Gasteiger partial charge in [-0.05, 0) is 13.3 Å². The molecule has 0 spiro atoms. The summed E-state index contributed by atoms with van der Waals surface area (Å²) in [7, 11) is 2.25. The molecule has 1 unspecified atom stereocenters. The van der Waals surface area contributed by atoms with E-state index in [1.807, 2.05) is 0 Å². The van der Waals surface area contributed by atoms with E-state index in [1.54, 1.807) is 0 Å². The molecule has 0 aromatic carbocycles. The fourth-order valence-electron chi connectivity index (χ4n) is 0.596. The van der Waals surface area contributed by atoms with Crippen LogP contribution in [0.4, 0.5) is 0 Å². The molecule has 0 radical (unpaired) electrons. The molecule has 0 N–H and O–H groups in total. The predicted molar refractivity (Wildman–Crippen MR) is 42.0 cm³/mol. The SMILES string of the molecule is BC(C)CC/C=C\C. The van der Waals surface area contributed by atoms with Crippen LogP contribution < -0.4 is 0 Å². The van der Waals surface area contributed by atoms with Gasteiger partial charge in [-0.15, -0.1) is 0 Å². The first-order chi connectivity index (χ1) is 3.77. The van der Waals surface area contributed by atoms with Gasteiger partial charge in [0.2, 0.25) is 0 Å². The number of rotatable bonds is 3. The van der Waals surface area contributed by atoms with Crippen LogP contribution in [0.15, 0.2) is 12.2 Å². The van der Waals surface area contributed by atoms with Crippen molar-refractivity contribution in [2.75, 3.05) is 0 Å². The molecule has 0 amide bonds. The summed E-state index contributed by atoms with van der Waals surface area (Å²) in [6, 6.07) is 0. The van der Waals surface area contributed by atoms with E-state index in [0.29, 0.717) is 0 Å². The Hall–Kier alpha value is -0.195. The molecule has 0 fully saturated rings. The van der Waals surface area contributed by atoms with Gasteiger partial charge in [-0.2, -0.15) is 0 Å². The fourth-order valence-corrected chi connectivity index (χ4v) is 0.596. The van der Waals surface area contributed by atoms with Crippen molar-refractivity contribution in [1.29, 1.82) is 0 Å². The normalized spacial score (nSPS) is 14.8. The molecule has 0 aliphatic carbocycles. The van der Waals surface area contributed by atoms with Crippen LogP contribution >= 0.6 is 0 Å². The second kappa shape index (κ2) is 4.95. The molecule has 1 heteroatoms. The second-order valence-electron chi connectivity index (χ2n) is 2.54. The minimum atomic E-state index is 0.853. The Kier molecular flexibility index (Phi) is 4.83. The zero-order valence-corrected chi connectivity index (χ0v) is 6.15. The van der Waals surface area contributed by atoms with Gasteiger partial charge in [0, 0.05) is 0 Å². The second-order valence-corrected chi connectivity index (χ2v) is 2.54. The Morgan fingerprint density at radius 3 is 2.62 bits per heavy atom. The first kappa shape index (κ1) is 7.80. The first-order valence-corrected chi connectivity index (χ1v) is 3.38. The van der Waals surface area contributed by atoms with E-state index in [0.717, 1.165) is 5.82 Å². The first-order valence-electron chi connectivity index (χ1n) is 3.38. The van der Waals surface area contributed by atoms with Crippen molar-refractivity contribution in [3.05, 3.63) is 12.2 Å². The summed E-state index contributed by atoms with van der Waals surface area (Å²) in [6.45, 7) is 4.32. The number of hydrogen-bond acceptors (Lipinski definition) is 0. The number of hydrogen-bond donors (Lipinski definition) is 0. The third-order valence-electron chi connectivity index (χ3n) is 1.15. The number of allylic oxidation sites excluding steroid dienone is 2. The van der Waals surface area contributed by atoms with Crippen LogP contribution in [0.1, 0.15) is 26.7 Å². The average Bonchev–Trinajstić information content (AvgIpc) is 1.66. The Balaban J connectivity index is 2.93. The molecular weight excluding hydrogens is 94.9 g/mol. The van der Waals surface area contributed by atoms with Crippen LogP contribution in [0.5, 0.6) is 0 Å². The van der Waals surface area contributed by atoms with E-state index >= 15 is 0 Å². The molecule has 0 saturated heterocycles. The topological polar surface area (TPSA) is 0 Å². The van der Waals surface area contributed by atoms with Crippen LogP contribution in [0.3, 0.4) is 0 Å². The van der Waals surface area contributed by atoms with Crippen molar-refractivity contribution >= 4 is 7.85 Å². The van der Waals surface area contributed by atoms with Crippen molar-refractivity contribution < 1.29 is 0 Å². The highest BCUT2D eigenvalue weighted by Gasteiger charge is 1.88. The molecule has 0 rings (SSSR count). The quantitative estimate of drug-likeness (QED) is 0.383. The molecule has 0 bridgehead atoms. The summed E-state index contributed by atoms with van der Waals surface area (Å²) in [5.41, 5.74) is 0.